The number of hydrogen-bond acceptors (Lipinski definition) is 3. The number of imidazole rings is 1. The summed E-state index contributed by atoms with van der Waals surface area (Å²) in [4.78, 5) is 4.13. The van der Waals surface area contributed by atoms with Gasteiger partial charge in [-0.1, -0.05) is 0 Å². The summed E-state index contributed by atoms with van der Waals surface area (Å²) in [7, 11) is -3.76. The molecule has 3 rings (SSSR count). The van der Waals surface area contributed by atoms with E-state index in [2.05, 4.69) is 9.71 Å². The zero-order chi connectivity index (χ0) is 15.0. The van der Waals surface area contributed by atoms with Gasteiger partial charge >= 0.3 is 0 Å². The minimum atomic E-state index is -3.76. The zero-order valence-electron chi connectivity index (χ0n) is 11.1. The number of rotatable bonds is 3. The topological polar surface area (TPSA) is 63.5 Å². The molecule has 0 atom stereocenters. The molecular formula is C14H12FN3O2S. The maximum atomic E-state index is 13.1. The first-order valence-electron chi connectivity index (χ1n) is 6.17. The fourth-order valence-electron chi connectivity index (χ4n) is 2.10. The molecule has 108 valence electrons. The van der Waals surface area contributed by atoms with Gasteiger partial charge < -0.3 is 4.40 Å². The van der Waals surface area contributed by atoms with Crippen molar-refractivity contribution in [2.75, 3.05) is 4.72 Å². The smallest absolute Gasteiger partial charge is 0.262 e. The molecule has 0 aliphatic rings. The van der Waals surface area contributed by atoms with Gasteiger partial charge in [-0.3, -0.25) is 4.72 Å². The van der Waals surface area contributed by atoms with Gasteiger partial charge in [0.05, 0.1) is 10.6 Å². The van der Waals surface area contributed by atoms with Crippen LogP contribution < -0.4 is 4.72 Å². The molecule has 1 aromatic carbocycles. The molecule has 0 aliphatic heterocycles. The lowest BCUT2D eigenvalue weighted by Gasteiger charge is -2.10. The van der Waals surface area contributed by atoms with Gasteiger partial charge in [0.15, 0.2) is 0 Å². The fraction of sp³-hybridized carbons (Fsp3) is 0.0714. The summed E-state index contributed by atoms with van der Waals surface area (Å²) < 4.78 is 42.0. The third-order valence-corrected chi connectivity index (χ3v) is 4.61. The van der Waals surface area contributed by atoms with Crippen molar-refractivity contribution in [2.45, 2.75) is 11.8 Å². The number of hydrogen-bond donors (Lipinski definition) is 1. The predicted octanol–water partition coefficient (Wildman–Crippen LogP) is 2.58. The van der Waals surface area contributed by atoms with Crippen molar-refractivity contribution in [3.63, 3.8) is 0 Å². The molecule has 3 aromatic rings. The monoisotopic (exact) mass is 305 g/mol. The van der Waals surface area contributed by atoms with E-state index in [1.165, 1.54) is 12.1 Å². The van der Waals surface area contributed by atoms with Gasteiger partial charge in [0.25, 0.3) is 10.0 Å². The Hall–Kier alpha value is -2.41. The van der Waals surface area contributed by atoms with E-state index in [0.29, 0.717) is 11.3 Å². The van der Waals surface area contributed by atoms with Crippen LogP contribution in [0.25, 0.3) is 5.65 Å². The second-order valence-corrected chi connectivity index (χ2v) is 6.28. The predicted molar refractivity (Wildman–Crippen MR) is 77.1 cm³/mol. The highest BCUT2D eigenvalue weighted by Gasteiger charge is 2.17. The number of nitrogens with zero attached hydrogens (tertiary/aromatic N) is 2. The van der Waals surface area contributed by atoms with E-state index in [-0.39, 0.29) is 4.90 Å². The average molecular weight is 305 g/mol. The molecule has 0 saturated carbocycles. The quantitative estimate of drug-likeness (QED) is 0.809. The van der Waals surface area contributed by atoms with Gasteiger partial charge in [0.1, 0.15) is 11.5 Å². The molecule has 0 spiro atoms. The van der Waals surface area contributed by atoms with Crippen LogP contribution in [0.2, 0.25) is 0 Å². The Morgan fingerprint density at radius 3 is 2.81 bits per heavy atom. The van der Waals surface area contributed by atoms with Crippen LogP contribution in [0.3, 0.4) is 0 Å². The Labute approximate surface area is 121 Å². The van der Waals surface area contributed by atoms with Crippen molar-refractivity contribution in [3.8, 4) is 0 Å². The molecule has 5 nitrogen and oxygen atoms in total. The van der Waals surface area contributed by atoms with Gasteiger partial charge in [0, 0.05) is 18.6 Å². The lowest BCUT2D eigenvalue weighted by Crippen LogP contribution is -2.14. The number of fused-ring (bicyclic) bond motifs is 1. The largest absolute Gasteiger partial charge is 0.305 e. The van der Waals surface area contributed by atoms with E-state index in [1.807, 2.05) is 0 Å². The average Bonchev–Trinajstić information content (AvgIpc) is 2.85. The van der Waals surface area contributed by atoms with Crippen LogP contribution >= 0.6 is 0 Å². The van der Waals surface area contributed by atoms with E-state index >= 15 is 0 Å². The summed E-state index contributed by atoms with van der Waals surface area (Å²) in [5.74, 6) is -0.466. The van der Waals surface area contributed by atoms with Crippen molar-refractivity contribution >= 4 is 21.4 Å². The molecule has 0 aliphatic carbocycles. The lowest BCUT2D eigenvalue weighted by atomic mass is 10.2. The Kier molecular flexibility index (Phi) is 3.13. The number of nitrogens with one attached hydrogen (secondary N) is 1. The summed E-state index contributed by atoms with van der Waals surface area (Å²) in [6.45, 7) is 1.55. The van der Waals surface area contributed by atoms with Crippen LogP contribution in [0.5, 0.6) is 0 Å². The fourth-order valence-corrected chi connectivity index (χ4v) is 3.38. The molecule has 7 heteroatoms. The standard InChI is InChI=1S/C14H12FN3O2S/c1-10-8-11(15)2-4-13(10)21(19,20)17-12-3-5-14-16-6-7-18(14)9-12/h2-9,17H,1H3. The Bertz CT molecular complexity index is 919. The summed E-state index contributed by atoms with van der Waals surface area (Å²) in [5, 5.41) is 0. The first-order chi connectivity index (χ1) is 9.95. The summed E-state index contributed by atoms with van der Waals surface area (Å²) in [6.07, 6.45) is 4.97. The maximum Gasteiger partial charge on any atom is 0.262 e. The number of benzene rings is 1. The SMILES string of the molecule is Cc1cc(F)ccc1S(=O)(=O)Nc1ccc2nccn2c1. The minimum Gasteiger partial charge on any atom is -0.305 e. The second kappa shape index (κ2) is 4.85. The van der Waals surface area contributed by atoms with Gasteiger partial charge in [-0.2, -0.15) is 0 Å². The van der Waals surface area contributed by atoms with Crippen LogP contribution in [0, 0.1) is 12.7 Å². The van der Waals surface area contributed by atoms with Crippen molar-refractivity contribution < 1.29 is 12.8 Å². The normalized spacial score (nSPS) is 11.7. The molecular weight excluding hydrogens is 293 g/mol. The minimum absolute atomic E-state index is 0.0506. The first kappa shape index (κ1) is 13.6. The zero-order valence-corrected chi connectivity index (χ0v) is 11.9. The lowest BCUT2D eigenvalue weighted by molar-refractivity contribution is 0.598. The summed E-state index contributed by atoms with van der Waals surface area (Å²) >= 11 is 0. The van der Waals surface area contributed by atoms with Gasteiger partial charge in [-0.25, -0.2) is 17.8 Å². The van der Waals surface area contributed by atoms with E-state index in [4.69, 9.17) is 0 Å². The van der Waals surface area contributed by atoms with E-state index in [0.717, 1.165) is 11.7 Å². The van der Waals surface area contributed by atoms with Crippen LogP contribution in [0.15, 0.2) is 53.8 Å². The van der Waals surface area contributed by atoms with Gasteiger partial charge in [0.2, 0.25) is 0 Å². The van der Waals surface area contributed by atoms with Crippen LogP contribution in [-0.2, 0) is 10.0 Å². The first-order valence-corrected chi connectivity index (χ1v) is 7.66. The van der Waals surface area contributed by atoms with Crippen molar-refractivity contribution in [1.29, 1.82) is 0 Å². The highest BCUT2D eigenvalue weighted by molar-refractivity contribution is 7.92. The van der Waals surface area contributed by atoms with E-state index in [1.54, 1.807) is 42.0 Å². The van der Waals surface area contributed by atoms with Crippen molar-refractivity contribution in [2.24, 2.45) is 0 Å². The molecule has 0 saturated heterocycles. The highest BCUT2D eigenvalue weighted by Crippen LogP contribution is 2.20. The number of aryl methyl sites for hydroxylation is 1. The molecule has 2 heterocycles. The Balaban J connectivity index is 1.98. The van der Waals surface area contributed by atoms with Crippen LogP contribution in [0.4, 0.5) is 10.1 Å². The van der Waals surface area contributed by atoms with E-state index in [9.17, 15) is 12.8 Å². The van der Waals surface area contributed by atoms with Gasteiger partial charge in [-0.05, 0) is 42.8 Å². The van der Waals surface area contributed by atoms with Crippen molar-refractivity contribution in [3.05, 3.63) is 60.3 Å². The van der Waals surface area contributed by atoms with Gasteiger partial charge in [-0.15, -0.1) is 0 Å². The van der Waals surface area contributed by atoms with Crippen LogP contribution in [0.1, 0.15) is 5.56 Å². The number of pyridine rings is 1. The molecule has 0 fully saturated rings. The molecule has 1 N–H and O–H groups in total. The number of halogens is 1. The molecule has 0 bridgehead atoms. The van der Waals surface area contributed by atoms with Crippen LogP contribution in [-0.4, -0.2) is 17.8 Å². The molecule has 0 radical (unpaired) electrons. The molecule has 2 aromatic heterocycles. The molecule has 21 heavy (non-hydrogen) atoms. The number of aromatic nitrogens is 2. The Morgan fingerprint density at radius 2 is 2.05 bits per heavy atom. The van der Waals surface area contributed by atoms with E-state index < -0.39 is 15.8 Å². The number of anilines is 1. The highest BCUT2D eigenvalue weighted by atomic mass is 32.2. The van der Waals surface area contributed by atoms with Crippen molar-refractivity contribution in [1.82, 2.24) is 9.38 Å². The summed E-state index contributed by atoms with van der Waals surface area (Å²) in [5.41, 5.74) is 1.48. The summed E-state index contributed by atoms with van der Waals surface area (Å²) in [6, 6.07) is 6.89. The number of sulfonamides is 1. The third kappa shape index (κ3) is 2.59. The molecule has 0 amide bonds. The maximum absolute atomic E-state index is 13.1. The Morgan fingerprint density at radius 1 is 1.24 bits per heavy atom. The molecule has 0 unspecified atom stereocenters. The third-order valence-electron chi connectivity index (χ3n) is 3.07. The second-order valence-electron chi connectivity index (χ2n) is 4.63.